The zero-order valence-corrected chi connectivity index (χ0v) is 10.6. The average molecular weight is 292 g/mol. The fourth-order valence-corrected chi connectivity index (χ4v) is 1.80. The number of nitrogen functional groups attached to an aromatic ring is 2. The Morgan fingerprint density at radius 1 is 1.00 bits per heavy atom. The number of rotatable bonds is 3. The SMILES string of the molecule is Nc1ccc(C(=O)c2c(F)ccc(N)c2F)cc1C(=O)O. The second kappa shape index (κ2) is 5.20. The Balaban J connectivity index is 2.58. The number of carbonyl (C=O) groups is 2. The van der Waals surface area contributed by atoms with Crippen LogP contribution in [0, 0.1) is 11.6 Å². The number of carboxylic acid groups (broad SMARTS) is 1. The molecule has 0 atom stereocenters. The van der Waals surface area contributed by atoms with Crippen LogP contribution in [0.4, 0.5) is 20.2 Å². The van der Waals surface area contributed by atoms with E-state index in [1.807, 2.05) is 0 Å². The summed E-state index contributed by atoms with van der Waals surface area (Å²) in [4.78, 5) is 23.1. The Hall–Kier alpha value is -2.96. The van der Waals surface area contributed by atoms with E-state index >= 15 is 0 Å². The predicted octanol–water partition coefficient (Wildman–Crippen LogP) is 2.06. The van der Waals surface area contributed by atoms with Gasteiger partial charge in [-0.2, -0.15) is 0 Å². The number of ketones is 1. The summed E-state index contributed by atoms with van der Waals surface area (Å²) in [6, 6.07) is 5.18. The van der Waals surface area contributed by atoms with E-state index in [4.69, 9.17) is 16.6 Å². The number of carbonyl (C=O) groups excluding carboxylic acids is 1. The highest BCUT2D eigenvalue weighted by molar-refractivity contribution is 6.11. The third kappa shape index (κ3) is 2.53. The van der Waals surface area contributed by atoms with Crippen LogP contribution < -0.4 is 11.5 Å². The summed E-state index contributed by atoms with van der Waals surface area (Å²) in [6.07, 6.45) is 0. The van der Waals surface area contributed by atoms with E-state index in [2.05, 4.69) is 0 Å². The number of hydrogen-bond donors (Lipinski definition) is 3. The number of carboxylic acids is 1. The smallest absolute Gasteiger partial charge is 0.337 e. The third-order valence-corrected chi connectivity index (χ3v) is 2.89. The zero-order chi connectivity index (χ0) is 15.7. The summed E-state index contributed by atoms with van der Waals surface area (Å²) in [5.41, 5.74) is 8.94. The van der Waals surface area contributed by atoms with Crippen molar-refractivity contribution < 1.29 is 23.5 Å². The molecule has 0 saturated carbocycles. The lowest BCUT2D eigenvalue weighted by molar-refractivity contribution is 0.0698. The van der Waals surface area contributed by atoms with Gasteiger partial charge in [0.1, 0.15) is 5.82 Å². The summed E-state index contributed by atoms with van der Waals surface area (Å²) in [6.45, 7) is 0. The molecule has 108 valence electrons. The van der Waals surface area contributed by atoms with Gasteiger partial charge in [0.2, 0.25) is 0 Å². The number of halogens is 2. The van der Waals surface area contributed by atoms with Crippen molar-refractivity contribution >= 4 is 23.1 Å². The first-order valence-electron chi connectivity index (χ1n) is 5.74. The fraction of sp³-hybridized carbons (Fsp3) is 0. The Kier molecular flexibility index (Phi) is 3.58. The number of benzene rings is 2. The van der Waals surface area contributed by atoms with Gasteiger partial charge >= 0.3 is 5.97 Å². The van der Waals surface area contributed by atoms with Crippen molar-refractivity contribution in [2.24, 2.45) is 0 Å². The Labute approximate surface area is 117 Å². The van der Waals surface area contributed by atoms with Gasteiger partial charge < -0.3 is 16.6 Å². The molecule has 0 aliphatic carbocycles. The number of aromatic carboxylic acids is 1. The van der Waals surface area contributed by atoms with Gasteiger partial charge in [0.25, 0.3) is 0 Å². The summed E-state index contributed by atoms with van der Waals surface area (Å²) in [5.74, 6) is -4.63. The van der Waals surface area contributed by atoms with Gasteiger partial charge in [-0.15, -0.1) is 0 Å². The van der Waals surface area contributed by atoms with Crippen molar-refractivity contribution in [3.63, 3.8) is 0 Å². The highest BCUT2D eigenvalue weighted by Gasteiger charge is 2.22. The van der Waals surface area contributed by atoms with Crippen molar-refractivity contribution in [3.8, 4) is 0 Å². The van der Waals surface area contributed by atoms with Crippen LogP contribution in [-0.4, -0.2) is 16.9 Å². The maximum Gasteiger partial charge on any atom is 0.337 e. The van der Waals surface area contributed by atoms with Gasteiger partial charge in [-0.3, -0.25) is 4.79 Å². The molecule has 0 saturated heterocycles. The molecule has 7 heteroatoms. The molecule has 0 amide bonds. The molecule has 0 spiro atoms. The Morgan fingerprint density at radius 2 is 1.62 bits per heavy atom. The Bertz CT molecular complexity index is 760. The molecule has 2 aromatic rings. The second-order valence-electron chi connectivity index (χ2n) is 4.26. The van der Waals surface area contributed by atoms with Crippen molar-refractivity contribution in [2.75, 3.05) is 11.5 Å². The normalized spacial score (nSPS) is 10.4. The quantitative estimate of drug-likeness (QED) is 0.593. The fourth-order valence-electron chi connectivity index (χ4n) is 1.80. The molecule has 5 N–H and O–H groups in total. The summed E-state index contributed by atoms with van der Waals surface area (Å²) < 4.78 is 27.5. The van der Waals surface area contributed by atoms with Crippen molar-refractivity contribution in [1.29, 1.82) is 0 Å². The van der Waals surface area contributed by atoms with Crippen LogP contribution in [0.3, 0.4) is 0 Å². The minimum atomic E-state index is -1.35. The first-order chi connectivity index (χ1) is 9.82. The van der Waals surface area contributed by atoms with E-state index in [9.17, 15) is 18.4 Å². The van der Waals surface area contributed by atoms with Crippen LogP contribution in [0.2, 0.25) is 0 Å². The minimum absolute atomic E-state index is 0.0624. The van der Waals surface area contributed by atoms with Crippen LogP contribution >= 0.6 is 0 Å². The average Bonchev–Trinajstić information content (AvgIpc) is 2.43. The molecule has 0 unspecified atom stereocenters. The molecule has 0 heterocycles. The van der Waals surface area contributed by atoms with Gasteiger partial charge in [-0.25, -0.2) is 13.6 Å². The molecule has 2 aromatic carbocycles. The topological polar surface area (TPSA) is 106 Å². The molecule has 21 heavy (non-hydrogen) atoms. The second-order valence-corrected chi connectivity index (χ2v) is 4.26. The monoisotopic (exact) mass is 292 g/mol. The lowest BCUT2D eigenvalue weighted by atomic mass is 9.99. The highest BCUT2D eigenvalue weighted by atomic mass is 19.1. The van der Waals surface area contributed by atoms with Gasteiger partial charge in [-0.05, 0) is 30.3 Å². The standard InChI is InChI=1S/C14H10F2N2O3/c15-8-2-4-10(18)12(16)11(8)13(19)6-1-3-9(17)7(5-6)14(20)21/h1-5H,17-18H2,(H,20,21). The highest BCUT2D eigenvalue weighted by Crippen LogP contribution is 2.23. The van der Waals surface area contributed by atoms with E-state index in [0.717, 1.165) is 18.2 Å². The van der Waals surface area contributed by atoms with E-state index < -0.39 is 29.0 Å². The molecular weight excluding hydrogens is 282 g/mol. The van der Waals surface area contributed by atoms with Crippen molar-refractivity contribution in [1.82, 2.24) is 0 Å². The van der Waals surface area contributed by atoms with Crippen molar-refractivity contribution in [2.45, 2.75) is 0 Å². The number of hydrogen-bond acceptors (Lipinski definition) is 4. The van der Waals surface area contributed by atoms with Gasteiger partial charge in [0, 0.05) is 11.3 Å². The largest absolute Gasteiger partial charge is 0.478 e. The van der Waals surface area contributed by atoms with E-state index in [-0.39, 0.29) is 22.5 Å². The van der Waals surface area contributed by atoms with Gasteiger partial charge in [0.05, 0.1) is 16.8 Å². The lowest BCUT2D eigenvalue weighted by Crippen LogP contribution is -2.11. The van der Waals surface area contributed by atoms with Gasteiger partial charge in [0.15, 0.2) is 11.6 Å². The van der Waals surface area contributed by atoms with Crippen LogP contribution in [0.25, 0.3) is 0 Å². The number of nitrogens with two attached hydrogens (primary N) is 2. The van der Waals surface area contributed by atoms with Crippen LogP contribution in [0.15, 0.2) is 30.3 Å². The van der Waals surface area contributed by atoms with E-state index in [1.165, 1.54) is 12.1 Å². The minimum Gasteiger partial charge on any atom is -0.478 e. The lowest BCUT2D eigenvalue weighted by Gasteiger charge is -2.08. The summed E-state index contributed by atoms with van der Waals surface area (Å²) >= 11 is 0. The molecule has 2 rings (SSSR count). The summed E-state index contributed by atoms with van der Waals surface area (Å²) in [7, 11) is 0. The maximum absolute atomic E-state index is 13.8. The molecule has 5 nitrogen and oxygen atoms in total. The molecule has 0 bridgehead atoms. The van der Waals surface area contributed by atoms with Crippen LogP contribution in [-0.2, 0) is 0 Å². The summed E-state index contributed by atoms with van der Waals surface area (Å²) in [5, 5.41) is 8.94. The molecule has 0 aliphatic rings. The first-order valence-corrected chi connectivity index (χ1v) is 5.74. The first kappa shape index (κ1) is 14.4. The predicted molar refractivity (Wildman–Crippen MR) is 72.0 cm³/mol. The van der Waals surface area contributed by atoms with E-state index in [0.29, 0.717) is 0 Å². The maximum atomic E-state index is 13.8. The molecule has 0 aromatic heterocycles. The van der Waals surface area contributed by atoms with Crippen LogP contribution in [0.1, 0.15) is 26.3 Å². The number of anilines is 2. The molecular formula is C14H10F2N2O3. The Morgan fingerprint density at radius 3 is 2.24 bits per heavy atom. The van der Waals surface area contributed by atoms with Crippen LogP contribution in [0.5, 0.6) is 0 Å². The third-order valence-electron chi connectivity index (χ3n) is 2.89. The van der Waals surface area contributed by atoms with E-state index in [1.54, 1.807) is 0 Å². The molecule has 0 radical (unpaired) electrons. The zero-order valence-electron chi connectivity index (χ0n) is 10.6. The van der Waals surface area contributed by atoms with Gasteiger partial charge in [-0.1, -0.05) is 0 Å². The molecule has 0 fully saturated rings. The molecule has 0 aliphatic heterocycles. The van der Waals surface area contributed by atoms with Crippen molar-refractivity contribution in [3.05, 3.63) is 58.7 Å².